The molecular weight excluding hydrogens is 374 g/mol. The van der Waals surface area contributed by atoms with Crippen molar-refractivity contribution in [1.29, 1.82) is 0 Å². The number of imidazole rings is 1. The molecule has 0 atom stereocenters. The number of hydrogen-bond donors (Lipinski definition) is 1. The first kappa shape index (κ1) is 20.2. The van der Waals surface area contributed by atoms with E-state index < -0.39 is 0 Å². The fourth-order valence-electron chi connectivity index (χ4n) is 3.00. The van der Waals surface area contributed by atoms with Crippen LogP contribution in [0, 0.1) is 12.8 Å². The maximum Gasteiger partial charge on any atom is 0.222 e. The Morgan fingerprint density at radius 3 is 2.79 bits per heavy atom. The van der Waals surface area contributed by atoms with E-state index in [1.54, 1.807) is 0 Å². The summed E-state index contributed by atoms with van der Waals surface area (Å²) in [5, 5.41) is 3.70. The SMILES string of the molecule is Cc1cc(OCCCn2c(CNC(=O)C(C)C)nc3ccccc32)ccc1Cl. The van der Waals surface area contributed by atoms with Crippen molar-refractivity contribution >= 4 is 28.5 Å². The summed E-state index contributed by atoms with van der Waals surface area (Å²) in [6.45, 7) is 7.50. The molecule has 0 radical (unpaired) electrons. The van der Waals surface area contributed by atoms with Crippen molar-refractivity contribution in [2.75, 3.05) is 6.61 Å². The van der Waals surface area contributed by atoms with Crippen LogP contribution in [-0.4, -0.2) is 22.1 Å². The average Bonchev–Trinajstić information content (AvgIpc) is 3.03. The molecule has 1 amide bonds. The highest BCUT2D eigenvalue weighted by Gasteiger charge is 2.13. The number of carbonyl (C=O) groups is 1. The van der Waals surface area contributed by atoms with Crippen LogP contribution in [0.2, 0.25) is 5.02 Å². The zero-order valence-corrected chi connectivity index (χ0v) is 17.3. The van der Waals surface area contributed by atoms with Crippen LogP contribution in [0.4, 0.5) is 0 Å². The molecule has 0 bridgehead atoms. The summed E-state index contributed by atoms with van der Waals surface area (Å²) < 4.78 is 8.02. The van der Waals surface area contributed by atoms with Crippen LogP contribution >= 0.6 is 11.6 Å². The second-order valence-electron chi connectivity index (χ2n) is 7.15. The van der Waals surface area contributed by atoms with Gasteiger partial charge < -0.3 is 14.6 Å². The molecule has 2 aromatic carbocycles. The van der Waals surface area contributed by atoms with Crippen molar-refractivity contribution < 1.29 is 9.53 Å². The van der Waals surface area contributed by atoms with Crippen molar-refractivity contribution in [2.45, 2.75) is 40.3 Å². The molecular formula is C22H26ClN3O2. The molecule has 0 spiro atoms. The quantitative estimate of drug-likeness (QED) is 0.556. The summed E-state index contributed by atoms with van der Waals surface area (Å²) in [6.07, 6.45) is 0.827. The van der Waals surface area contributed by atoms with Crippen molar-refractivity contribution in [3.63, 3.8) is 0 Å². The fraction of sp³-hybridized carbons (Fsp3) is 0.364. The Bertz CT molecular complexity index is 966. The van der Waals surface area contributed by atoms with Gasteiger partial charge in [-0.3, -0.25) is 4.79 Å². The molecule has 0 fully saturated rings. The summed E-state index contributed by atoms with van der Waals surface area (Å²) in [6, 6.07) is 13.7. The standard InChI is InChI=1S/C22H26ClN3O2/c1-15(2)22(27)24-14-21-25-19-7-4-5-8-20(19)26(21)11-6-12-28-17-9-10-18(23)16(3)13-17/h4-5,7-10,13,15H,6,11-12,14H2,1-3H3,(H,24,27). The molecule has 0 aliphatic heterocycles. The topological polar surface area (TPSA) is 56.1 Å². The van der Waals surface area contributed by atoms with E-state index in [-0.39, 0.29) is 11.8 Å². The smallest absolute Gasteiger partial charge is 0.222 e. The summed E-state index contributed by atoms with van der Waals surface area (Å²) in [5.74, 6) is 1.66. The van der Waals surface area contributed by atoms with Gasteiger partial charge in [-0.25, -0.2) is 4.98 Å². The van der Waals surface area contributed by atoms with E-state index in [0.29, 0.717) is 13.2 Å². The van der Waals surface area contributed by atoms with E-state index in [0.717, 1.165) is 46.2 Å². The van der Waals surface area contributed by atoms with Gasteiger partial charge in [0.2, 0.25) is 5.91 Å². The molecule has 0 aliphatic carbocycles. The highest BCUT2D eigenvalue weighted by molar-refractivity contribution is 6.31. The number of fused-ring (bicyclic) bond motifs is 1. The predicted molar refractivity (Wildman–Crippen MR) is 113 cm³/mol. The fourth-order valence-corrected chi connectivity index (χ4v) is 3.12. The molecule has 0 aliphatic rings. The molecule has 6 heteroatoms. The normalized spacial score (nSPS) is 11.2. The van der Waals surface area contributed by atoms with Crippen molar-refractivity contribution in [1.82, 2.24) is 14.9 Å². The summed E-state index contributed by atoms with van der Waals surface area (Å²) in [4.78, 5) is 16.6. The number of amides is 1. The average molecular weight is 400 g/mol. The van der Waals surface area contributed by atoms with Crippen LogP contribution in [0.1, 0.15) is 31.7 Å². The first-order valence-corrected chi connectivity index (χ1v) is 9.94. The summed E-state index contributed by atoms with van der Waals surface area (Å²) >= 11 is 6.06. The number of para-hydroxylation sites is 2. The maximum atomic E-state index is 11.9. The van der Waals surface area contributed by atoms with Crippen LogP contribution in [-0.2, 0) is 17.9 Å². The van der Waals surface area contributed by atoms with Gasteiger partial charge in [-0.05, 0) is 49.2 Å². The third-order valence-corrected chi connectivity index (χ3v) is 5.03. The van der Waals surface area contributed by atoms with Gasteiger partial charge in [-0.2, -0.15) is 0 Å². The van der Waals surface area contributed by atoms with Crippen LogP contribution in [0.3, 0.4) is 0 Å². The van der Waals surface area contributed by atoms with Crippen molar-refractivity contribution in [3.8, 4) is 5.75 Å². The highest BCUT2D eigenvalue weighted by Crippen LogP contribution is 2.21. The molecule has 0 unspecified atom stereocenters. The van der Waals surface area contributed by atoms with Crippen LogP contribution < -0.4 is 10.1 Å². The van der Waals surface area contributed by atoms with E-state index in [1.807, 2.05) is 57.2 Å². The predicted octanol–water partition coefficient (Wildman–Crippen LogP) is 4.74. The van der Waals surface area contributed by atoms with Crippen molar-refractivity contribution in [2.24, 2.45) is 5.92 Å². The molecule has 0 saturated heterocycles. The molecule has 3 aromatic rings. The molecule has 1 heterocycles. The molecule has 3 rings (SSSR count). The van der Waals surface area contributed by atoms with E-state index in [1.165, 1.54) is 0 Å². The van der Waals surface area contributed by atoms with Crippen molar-refractivity contribution in [3.05, 3.63) is 58.9 Å². The minimum absolute atomic E-state index is 0.0278. The lowest BCUT2D eigenvalue weighted by Crippen LogP contribution is -2.28. The summed E-state index contributed by atoms with van der Waals surface area (Å²) in [7, 11) is 0. The number of aromatic nitrogens is 2. The lowest BCUT2D eigenvalue weighted by Gasteiger charge is -2.12. The number of carbonyl (C=O) groups excluding carboxylic acids is 1. The Hall–Kier alpha value is -2.53. The zero-order chi connectivity index (χ0) is 20.1. The van der Waals surface area contributed by atoms with Gasteiger partial charge in [0.25, 0.3) is 0 Å². The lowest BCUT2D eigenvalue weighted by atomic mass is 10.2. The Kier molecular flexibility index (Phi) is 6.57. The van der Waals surface area contributed by atoms with Crippen LogP contribution in [0.15, 0.2) is 42.5 Å². The minimum atomic E-state index is -0.0472. The number of aryl methyl sites for hydroxylation is 2. The van der Waals surface area contributed by atoms with Gasteiger partial charge in [0.05, 0.1) is 24.2 Å². The van der Waals surface area contributed by atoms with E-state index >= 15 is 0 Å². The molecule has 28 heavy (non-hydrogen) atoms. The lowest BCUT2D eigenvalue weighted by molar-refractivity contribution is -0.124. The van der Waals surface area contributed by atoms with Gasteiger partial charge in [0, 0.05) is 17.5 Å². The van der Waals surface area contributed by atoms with E-state index in [9.17, 15) is 4.79 Å². The van der Waals surface area contributed by atoms with Crippen LogP contribution in [0.5, 0.6) is 5.75 Å². The molecule has 1 N–H and O–H groups in total. The number of benzene rings is 2. The largest absolute Gasteiger partial charge is 0.494 e. The number of nitrogens with one attached hydrogen (secondary N) is 1. The van der Waals surface area contributed by atoms with E-state index in [2.05, 4.69) is 16.0 Å². The van der Waals surface area contributed by atoms with Crippen LogP contribution in [0.25, 0.3) is 11.0 Å². The first-order valence-electron chi connectivity index (χ1n) is 9.56. The molecule has 148 valence electrons. The summed E-state index contributed by atoms with van der Waals surface area (Å²) in [5.41, 5.74) is 3.01. The zero-order valence-electron chi connectivity index (χ0n) is 16.5. The van der Waals surface area contributed by atoms with Gasteiger partial charge in [0.1, 0.15) is 11.6 Å². The number of ether oxygens (including phenoxy) is 1. The monoisotopic (exact) mass is 399 g/mol. The van der Waals surface area contributed by atoms with Gasteiger partial charge >= 0.3 is 0 Å². The number of halogens is 1. The number of nitrogens with zero attached hydrogens (tertiary/aromatic N) is 2. The highest BCUT2D eigenvalue weighted by atomic mass is 35.5. The molecule has 1 aromatic heterocycles. The van der Waals surface area contributed by atoms with Gasteiger partial charge in [-0.15, -0.1) is 0 Å². The Morgan fingerprint density at radius 1 is 1.25 bits per heavy atom. The Balaban J connectivity index is 1.66. The Morgan fingerprint density at radius 2 is 2.04 bits per heavy atom. The molecule has 5 nitrogen and oxygen atoms in total. The van der Waals surface area contributed by atoms with Gasteiger partial charge in [-0.1, -0.05) is 37.6 Å². The Labute approximate surface area is 170 Å². The first-order chi connectivity index (χ1) is 13.5. The minimum Gasteiger partial charge on any atom is -0.494 e. The third kappa shape index (κ3) is 4.84. The maximum absolute atomic E-state index is 11.9. The number of hydrogen-bond acceptors (Lipinski definition) is 3. The second kappa shape index (κ2) is 9.11. The second-order valence-corrected chi connectivity index (χ2v) is 7.56. The number of rotatable bonds is 8. The third-order valence-electron chi connectivity index (χ3n) is 4.60. The molecule has 0 saturated carbocycles. The van der Waals surface area contributed by atoms with E-state index in [4.69, 9.17) is 21.3 Å². The van der Waals surface area contributed by atoms with Gasteiger partial charge in [0.15, 0.2) is 0 Å².